The summed E-state index contributed by atoms with van der Waals surface area (Å²) in [7, 11) is 0. The topological polar surface area (TPSA) is 55.7 Å². The lowest BCUT2D eigenvalue weighted by atomic mass is 10.1. The second kappa shape index (κ2) is 5.86. The molecule has 114 valence electrons. The molecule has 0 aliphatic carbocycles. The summed E-state index contributed by atoms with van der Waals surface area (Å²) in [4.78, 5) is 10.6. The van der Waals surface area contributed by atoms with E-state index in [4.69, 9.17) is 10.2 Å². The molecule has 0 radical (unpaired) electrons. The zero-order chi connectivity index (χ0) is 15.6. The van der Waals surface area contributed by atoms with E-state index < -0.39 is 0 Å². The molecular formula is C19H18N4. The standard InChI is InChI=1S/C19H18N4/c20-11-15-6-7-17-18(10-15)22-19(21-17)16-8-9-23(13-16)12-14-4-2-1-3-5-14/h1-7,10,16H,8-9,12-13H2,(H,21,22)/t16-/m0/s1. The maximum absolute atomic E-state index is 9.00. The largest absolute Gasteiger partial charge is 0.342 e. The third-order valence-corrected chi connectivity index (χ3v) is 4.54. The van der Waals surface area contributed by atoms with Gasteiger partial charge in [0.15, 0.2) is 0 Å². The molecule has 1 aromatic heterocycles. The maximum Gasteiger partial charge on any atom is 0.111 e. The number of hydrogen-bond donors (Lipinski definition) is 1. The van der Waals surface area contributed by atoms with E-state index in [2.05, 4.69) is 46.3 Å². The molecule has 2 aromatic carbocycles. The monoisotopic (exact) mass is 302 g/mol. The van der Waals surface area contributed by atoms with Crippen molar-refractivity contribution in [2.45, 2.75) is 18.9 Å². The van der Waals surface area contributed by atoms with Crippen molar-refractivity contribution in [3.8, 4) is 6.07 Å². The molecule has 4 heteroatoms. The zero-order valence-corrected chi connectivity index (χ0v) is 12.9. The molecule has 2 heterocycles. The van der Waals surface area contributed by atoms with Gasteiger partial charge in [-0.05, 0) is 36.7 Å². The molecular weight excluding hydrogens is 284 g/mol. The molecule has 23 heavy (non-hydrogen) atoms. The number of likely N-dealkylation sites (tertiary alicyclic amines) is 1. The molecule has 1 aliphatic rings. The van der Waals surface area contributed by atoms with Crippen molar-refractivity contribution in [2.75, 3.05) is 13.1 Å². The number of nitrogens with one attached hydrogen (secondary N) is 1. The van der Waals surface area contributed by atoms with Crippen LogP contribution in [-0.2, 0) is 6.54 Å². The van der Waals surface area contributed by atoms with Gasteiger partial charge >= 0.3 is 0 Å². The number of nitriles is 1. The number of aromatic nitrogens is 2. The third-order valence-electron chi connectivity index (χ3n) is 4.54. The third kappa shape index (κ3) is 2.84. The fourth-order valence-electron chi connectivity index (χ4n) is 3.33. The van der Waals surface area contributed by atoms with E-state index in [1.54, 1.807) is 0 Å². The Bertz CT molecular complexity index is 860. The van der Waals surface area contributed by atoms with Crippen molar-refractivity contribution in [2.24, 2.45) is 0 Å². The molecule has 0 saturated carbocycles. The summed E-state index contributed by atoms with van der Waals surface area (Å²) in [6, 6.07) is 18.4. The summed E-state index contributed by atoms with van der Waals surface area (Å²) in [6.45, 7) is 3.12. The molecule has 1 N–H and O–H groups in total. The van der Waals surface area contributed by atoms with Crippen molar-refractivity contribution < 1.29 is 0 Å². The minimum atomic E-state index is 0.441. The first-order valence-corrected chi connectivity index (χ1v) is 7.98. The Balaban J connectivity index is 1.50. The smallest absolute Gasteiger partial charge is 0.111 e. The van der Waals surface area contributed by atoms with Crippen LogP contribution in [0.5, 0.6) is 0 Å². The minimum absolute atomic E-state index is 0.441. The Labute approximate surface area is 135 Å². The second-order valence-electron chi connectivity index (χ2n) is 6.17. The predicted octanol–water partition coefficient (Wildman–Crippen LogP) is 3.42. The van der Waals surface area contributed by atoms with E-state index >= 15 is 0 Å². The molecule has 0 unspecified atom stereocenters. The molecule has 4 rings (SSSR count). The van der Waals surface area contributed by atoms with Crippen LogP contribution in [0.3, 0.4) is 0 Å². The van der Waals surface area contributed by atoms with Gasteiger partial charge in [0, 0.05) is 19.0 Å². The highest BCUT2D eigenvalue weighted by Crippen LogP contribution is 2.28. The van der Waals surface area contributed by atoms with E-state index in [9.17, 15) is 0 Å². The molecule has 1 atom stereocenters. The second-order valence-corrected chi connectivity index (χ2v) is 6.17. The fraction of sp³-hybridized carbons (Fsp3) is 0.263. The number of fused-ring (bicyclic) bond motifs is 1. The van der Waals surface area contributed by atoms with Crippen LogP contribution in [0, 0.1) is 11.3 Å². The lowest BCUT2D eigenvalue weighted by Crippen LogP contribution is -2.19. The summed E-state index contributed by atoms with van der Waals surface area (Å²) in [5.74, 6) is 1.49. The lowest BCUT2D eigenvalue weighted by Gasteiger charge is -2.15. The Morgan fingerprint density at radius 1 is 1.22 bits per heavy atom. The Kier molecular flexibility index (Phi) is 3.57. The minimum Gasteiger partial charge on any atom is -0.342 e. The normalized spacial score (nSPS) is 18.3. The van der Waals surface area contributed by atoms with Gasteiger partial charge in [-0.15, -0.1) is 0 Å². The number of imidazole rings is 1. The molecule has 4 nitrogen and oxygen atoms in total. The summed E-state index contributed by atoms with van der Waals surface area (Å²) in [5.41, 5.74) is 3.93. The highest BCUT2D eigenvalue weighted by Gasteiger charge is 2.26. The van der Waals surface area contributed by atoms with Gasteiger partial charge in [-0.25, -0.2) is 4.98 Å². The Morgan fingerprint density at radius 3 is 2.91 bits per heavy atom. The van der Waals surface area contributed by atoms with E-state index in [0.29, 0.717) is 11.5 Å². The van der Waals surface area contributed by atoms with E-state index in [1.807, 2.05) is 18.2 Å². The number of aromatic amines is 1. The first-order valence-electron chi connectivity index (χ1n) is 7.98. The van der Waals surface area contributed by atoms with Crippen molar-refractivity contribution in [3.05, 3.63) is 65.5 Å². The summed E-state index contributed by atoms with van der Waals surface area (Å²) >= 11 is 0. The van der Waals surface area contributed by atoms with Crippen LogP contribution in [0.1, 0.15) is 29.3 Å². The molecule has 3 aromatic rings. The van der Waals surface area contributed by atoms with Crippen LogP contribution in [0.4, 0.5) is 0 Å². The molecule has 1 fully saturated rings. The Hall–Kier alpha value is -2.64. The number of hydrogen-bond acceptors (Lipinski definition) is 3. The van der Waals surface area contributed by atoms with Gasteiger partial charge in [-0.2, -0.15) is 5.26 Å². The summed E-state index contributed by atoms with van der Waals surface area (Å²) in [5, 5.41) is 9.00. The van der Waals surface area contributed by atoms with Crippen LogP contribution in [-0.4, -0.2) is 28.0 Å². The van der Waals surface area contributed by atoms with Gasteiger partial charge in [-0.1, -0.05) is 30.3 Å². The van der Waals surface area contributed by atoms with Crippen LogP contribution >= 0.6 is 0 Å². The van der Waals surface area contributed by atoms with Gasteiger partial charge < -0.3 is 4.98 Å². The number of benzene rings is 2. The molecule has 1 saturated heterocycles. The highest BCUT2D eigenvalue weighted by molar-refractivity contribution is 5.76. The average molecular weight is 302 g/mol. The van der Waals surface area contributed by atoms with E-state index in [0.717, 1.165) is 42.9 Å². The number of rotatable bonds is 3. The first kappa shape index (κ1) is 14.0. The Morgan fingerprint density at radius 2 is 2.09 bits per heavy atom. The van der Waals surface area contributed by atoms with Gasteiger partial charge in [0.05, 0.1) is 22.7 Å². The van der Waals surface area contributed by atoms with Gasteiger partial charge in [0.2, 0.25) is 0 Å². The maximum atomic E-state index is 9.00. The molecule has 0 amide bonds. The van der Waals surface area contributed by atoms with Gasteiger partial charge in [0.1, 0.15) is 5.82 Å². The van der Waals surface area contributed by atoms with Crippen molar-refractivity contribution in [1.29, 1.82) is 5.26 Å². The molecule has 0 spiro atoms. The number of nitrogens with zero attached hydrogens (tertiary/aromatic N) is 3. The molecule has 0 bridgehead atoms. The van der Waals surface area contributed by atoms with Gasteiger partial charge in [0.25, 0.3) is 0 Å². The van der Waals surface area contributed by atoms with Crippen LogP contribution < -0.4 is 0 Å². The van der Waals surface area contributed by atoms with E-state index in [1.165, 1.54) is 5.56 Å². The van der Waals surface area contributed by atoms with Crippen LogP contribution in [0.25, 0.3) is 11.0 Å². The van der Waals surface area contributed by atoms with Crippen molar-refractivity contribution in [1.82, 2.24) is 14.9 Å². The zero-order valence-electron chi connectivity index (χ0n) is 12.9. The summed E-state index contributed by atoms with van der Waals surface area (Å²) < 4.78 is 0. The lowest BCUT2D eigenvalue weighted by molar-refractivity contribution is 0.326. The van der Waals surface area contributed by atoms with Crippen molar-refractivity contribution in [3.63, 3.8) is 0 Å². The average Bonchev–Trinajstić information content (AvgIpc) is 3.21. The number of H-pyrrole nitrogens is 1. The van der Waals surface area contributed by atoms with Crippen molar-refractivity contribution >= 4 is 11.0 Å². The summed E-state index contributed by atoms with van der Waals surface area (Å²) in [6.07, 6.45) is 1.12. The quantitative estimate of drug-likeness (QED) is 0.806. The van der Waals surface area contributed by atoms with Crippen LogP contribution in [0.2, 0.25) is 0 Å². The van der Waals surface area contributed by atoms with Gasteiger partial charge in [-0.3, -0.25) is 4.90 Å². The predicted molar refractivity (Wildman–Crippen MR) is 89.9 cm³/mol. The van der Waals surface area contributed by atoms with E-state index in [-0.39, 0.29) is 0 Å². The highest BCUT2D eigenvalue weighted by atomic mass is 15.2. The fourth-order valence-corrected chi connectivity index (χ4v) is 3.33. The SMILES string of the molecule is N#Cc1ccc2nc([C@H]3CCN(Cc4ccccc4)C3)[nH]c2c1. The van der Waals surface area contributed by atoms with Crippen LogP contribution in [0.15, 0.2) is 48.5 Å². The first-order chi connectivity index (χ1) is 11.3. The molecule has 1 aliphatic heterocycles.